The second-order valence-electron chi connectivity index (χ2n) is 6.13. The van der Waals surface area contributed by atoms with E-state index in [0.717, 1.165) is 4.31 Å². The van der Waals surface area contributed by atoms with Crippen LogP contribution in [0.5, 0.6) is 5.75 Å². The maximum Gasteiger partial charge on any atom is 0.243 e. The number of hydrogen-bond acceptors (Lipinski definition) is 7. The van der Waals surface area contributed by atoms with E-state index in [2.05, 4.69) is 10.5 Å². The fraction of sp³-hybridized carbons (Fsp3) is 0.263. The zero-order valence-corrected chi connectivity index (χ0v) is 16.8. The molecule has 3 rings (SSSR count). The molecular formula is C19H21N3O6S. The fourth-order valence-corrected chi connectivity index (χ4v) is 3.96. The predicted molar refractivity (Wildman–Crippen MR) is 104 cm³/mol. The summed E-state index contributed by atoms with van der Waals surface area (Å²) in [5.74, 6) is 1.14. The van der Waals surface area contributed by atoms with Crippen LogP contribution in [0.15, 0.2) is 62.6 Å². The van der Waals surface area contributed by atoms with Crippen molar-refractivity contribution in [3.05, 3.63) is 60.2 Å². The number of sulfonamides is 1. The number of ether oxygens (including phenoxy) is 1. The van der Waals surface area contributed by atoms with Gasteiger partial charge in [-0.25, -0.2) is 8.42 Å². The van der Waals surface area contributed by atoms with Crippen molar-refractivity contribution in [3.8, 4) is 5.75 Å². The maximum absolute atomic E-state index is 13.1. The highest BCUT2D eigenvalue weighted by molar-refractivity contribution is 7.89. The summed E-state index contributed by atoms with van der Waals surface area (Å²) in [5.41, 5.74) is 0. The highest BCUT2D eigenvalue weighted by Gasteiger charge is 2.28. The van der Waals surface area contributed by atoms with E-state index in [4.69, 9.17) is 13.7 Å². The average molecular weight is 419 g/mol. The molecule has 154 valence electrons. The van der Waals surface area contributed by atoms with Crippen LogP contribution in [0.2, 0.25) is 0 Å². The van der Waals surface area contributed by atoms with Gasteiger partial charge < -0.3 is 19.0 Å². The number of hydrogen-bond donors (Lipinski definition) is 1. The lowest BCUT2D eigenvalue weighted by Crippen LogP contribution is -2.37. The van der Waals surface area contributed by atoms with Crippen LogP contribution in [-0.2, 0) is 21.4 Å². The number of rotatable bonds is 9. The lowest BCUT2D eigenvalue weighted by Gasteiger charge is -2.20. The first kappa shape index (κ1) is 20.6. The first-order valence-corrected chi connectivity index (χ1v) is 10.3. The number of carbonyl (C=O) groups excluding carboxylic acids is 1. The molecule has 0 atom stereocenters. The van der Waals surface area contributed by atoms with Crippen molar-refractivity contribution in [2.45, 2.75) is 25.3 Å². The average Bonchev–Trinajstić information content (AvgIpc) is 3.33. The Kier molecular flexibility index (Phi) is 6.35. The van der Waals surface area contributed by atoms with Crippen molar-refractivity contribution in [1.82, 2.24) is 9.46 Å². The topological polar surface area (TPSA) is 115 Å². The number of amides is 1. The molecule has 0 bridgehead atoms. The Hall–Kier alpha value is -3.11. The quantitative estimate of drug-likeness (QED) is 0.567. The summed E-state index contributed by atoms with van der Waals surface area (Å²) >= 11 is 0. The van der Waals surface area contributed by atoms with E-state index >= 15 is 0 Å². The molecule has 3 aromatic rings. The van der Waals surface area contributed by atoms with Gasteiger partial charge in [0.15, 0.2) is 5.82 Å². The number of nitrogens with one attached hydrogen (secondary N) is 1. The lowest BCUT2D eigenvalue weighted by atomic mass is 10.3. The van der Waals surface area contributed by atoms with Gasteiger partial charge in [0.1, 0.15) is 17.3 Å². The van der Waals surface area contributed by atoms with E-state index in [1.807, 2.05) is 6.92 Å². The molecule has 0 radical (unpaired) electrons. The standard InChI is InChI=1S/C19H21N3O6S/c1-3-26-15-6-8-17(9-7-15)29(24,25)22(12-16-5-4-10-27-16)13-19(23)20-18-11-14(2)28-21-18/h4-11H,3,12-13H2,1-2H3,(H,20,21,23). The highest BCUT2D eigenvalue weighted by atomic mass is 32.2. The Morgan fingerprint density at radius 1 is 1.24 bits per heavy atom. The Balaban J connectivity index is 1.82. The number of benzene rings is 1. The summed E-state index contributed by atoms with van der Waals surface area (Å²) in [6.45, 7) is 3.46. The highest BCUT2D eigenvalue weighted by Crippen LogP contribution is 2.22. The zero-order chi connectivity index (χ0) is 20.9. The van der Waals surface area contributed by atoms with Crippen molar-refractivity contribution >= 4 is 21.7 Å². The molecule has 1 N–H and O–H groups in total. The second kappa shape index (κ2) is 8.93. The molecular weight excluding hydrogens is 398 g/mol. The molecule has 1 aromatic carbocycles. The fourth-order valence-electron chi connectivity index (χ4n) is 2.59. The third-order valence-corrected chi connectivity index (χ3v) is 5.71. The summed E-state index contributed by atoms with van der Waals surface area (Å²) in [6.07, 6.45) is 1.44. The van der Waals surface area contributed by atoms with Crippen LogP contribution in [0, 0.1) is 6.92 Å². The minimum Gasteiger partial charge on any atom is -0.494 e. The minimum absolute atomic E-state index is 0.0394. The molecule has 0 fully saturated rings. The van der Waals surface area contributed by atoms with Gasteiger partial charge in [-0.05, 0) is 50.2 Å². The van der Waals surface area contributed by atoms with Crippen LogP contribution in [-0.4, -0.2) is 36.9 Å². The molecule has 2 aromatic heterocycles. The first-order valence-electron chi connectivity index (χ1n) is 8.87. The molecule has 9 nitrogen and oxygen atoms in total. The van der Waals surface area contributed by atoms with Gasteiger partial charge >= 0.3 is 0 Å². The number of aromatic nitrogens is 1. The van der Waals surface area contributed by atoms with Crippen LogP contribution in [0.25, 0.3) is 0 Å². The van der Waals surface area contributed by atoms with E-state index in [1.165, 1.54) is 24.5 Å². The van der Waals surface area contributed by atoms with Crippen LogP contribution >= 0.6 is 0 Å². The molecule has 0 unspecified atom stereocenters. The largest absolute Gasteiger partial charge is 0.494 e. The number of nitrogens with zero attached hydrogens (tertiary/aromatic N) is 2. The third-order valence-electron chi connectivity index (χ3n) is 3.90. The van der Waals surface area contributed by atoms with Gasteiger partial charge in [0.25, 0.3) is 0 Å². The maximum atomic E-state index is 13.1. The summed E-state index contributed by atoms with van der Waals surface area (Å²) in [4.78, 5) is 12.5. The molecule has 10 heteroatoms. The van der Waals surface area contributed by atoms with Crippen molar-refractivity contribution < 1.29 is 26.9 Å². The monoisotopic (exact) mass is 419 g/mol. The minimum atomic E-state index is -3.98. The SMILES string of the molecule is CCOc1ccc(S(=O)(=O)N(CC(=O)Nc2cc(C)on2)Cc2ccco2)cc1. The Bertz CT molecular complexity index is 1040. The van der Waals surface area contributed by atoms with E-state index in [9.17, 15) is 13.2 Å². The molecule has 1 amide bonds. The van der Waals surface area contributed by atoms with E-state index in [0.29, 0.717) is 23.9 Å². The molecule has 0 saturated carbocycles. The summed E-state index contributed by atoms with van der Waals surface area (Å²) in [7, 11) is -3.98. The van der Waals surface area contributed by atoms with Gasteiger partial charge in [0.05, 0.1) is 30.9 Å². The second-order valence-corrected chi connectivity index (χ2v) is 8.07. The van der Waals surface area contributed by atoms with Crippen LogP contribution in [0.1, 0.15) is 18.4 Å². The van der Waals surface area contributed by atoms with Gasteiger partial charge in [-0.1, -0.05) is 5.16 Å². The van der Waals surface area contributed by atoms with Gasteiger partial charge in [0, 0.05) is 6.07 Å². The molecule has 0 aliphatic carbocycles. The molecule has 29 heavy (non-hydrogen) atoms. The number of carbonyl (C=O) groups is 1. The predicted octanol–water partition coefficient (Wildman–Crippen LogP) is 2.80. The van der Waals surface area contributed by atoms with E-state index in [1.54, 1.807) is 31.2 Å². The van der Waals surface area contributed by atoms with Gasteiger partial charge in [-0.15, -0.1) is 0 Å². The zero-order valence-electron chi connectivity index (χ0n) is 16.0. The van der Waals surface area contributed by atoms with Crippen molar-refractivity contribution in [2.75, 3.05) is 18.5 Å². The summed E-state index contributed by atoms with van der Waals surface area (Å²) < 4.78 is 42.8. The van der Waals surface area contributed by atoms with Crippen molar-refractivity contribution in [1.29, 1.82) is 0 Å². The Morgan fingerprint density at radius 2 is 2.00 bits per heavy atom. The van der Waals surface area contributed by atoms with Crippen LogP contribution < -0.4 is 10.1 Å². The van der Waals surface area contributed by atoms with Gasteiger partial charge in [-0.3, -0.25) is 4.79 Å². The lowest BCUT2D eigenvalue weighted by molar-refractivity contribution is -0.116. The number of aryl methyl sites for hydroxylation is 1. The van der Waals surface area contributed by atoms with Crippen molar-refractivity contribution in [3.63, 3.8) is 0 Å². The van der Waals surface area contributed by atoms with Gasteiger partial charge in [0.2, 0.25) is 15.9 Å². The third kappa shape index (κ3) is 5.24. The first-order chi connectivity index (χ1) is 13.9. The molecule has 0 saturated heterocycles. The smallest absolute Gasteiger partial charge is 0.243 e. The molecule has 2 heterocycles. The Morgan fingerprint density at radius 3 is 2.59 bits per heavy atom. The van der Waals surface area contributed by atoms with E-state index < -0.39 is 22.5 Å². The van der Waals surface area contributed by atoms with Crippen molar-refractivity contribution in [2.24, 2.45) is 0 Å². The number of furan rings is 1. The van der Waals surface area contributed by atoms with Crippen LogP contribution in [0.3, 0.4) is 0 Å². The molecule has 0 aliphatic rings. The van der Waals surface area contributed by atoms with Gasteiger partial charge in [-0.2, -0.15) is 4.31 Å². The Labute approximate surface area is 168 Å². The molecule has 0 aliphatic heterocycles. The van der Waals surface area contributed by atoms with Crippen LogP contribution in [0.4, 0.5) is 5.82 Å². The summed E-state index contributed by atoms with van der Waals surface area (Å²) in [5, 5.41) is 6.20. The summed E-state index contributed by atoms with van der Waals surface area (Å²) in [6, 6.07) is 10.8. The normalized spacial score (nSPS) is 11.6. The molecule has 0 spiro atoms. The van der Waals surface area contributed by atoms with E-state index in [-0.39, 0.29) is 17.3 Å². The number of anilines is 1.